The zero-order valence-electron chi connectivity index (χ0n) is 12.8. The lowest BCUT2D eigenvalue weighted by atomic mass is 9.90. The molecule has 0 spiro atoms. The van der Waals surface area contributed by atoms with E-state index in [1.165, 1.54) is 12.1 Å². The molecule has 0 fully saturated rings. The molecule has 0 radical (unpaired) electrons. The molecule has 0 saturated carbocycles. The number of sulfonamides is 1. The first kappa shape index (κ1) is 18.1. The molecule has 0 aromatic heterocycles. The summed E-state index contributed by atoms with van der Waals surface area (Å²) >= 11 is 3.29. The number of hydrogen-bond acceptors (Lipinski definition) is 3. The largest absolute Gasteiger partial charge is 0.395 e. The fourth-order valence-corrected chi connectivity index (χ4v) is 4.11. The van der Waals surface area contributed by atoms with Gasteiger partial charge in [-0.25, -0.2) is 13.1 Å². The minimum atomic E-state index is -3.68. The van der Waals surface area contributed by atoms with Crippen LogP contribution in [0.4, 0.5) is 0 Å². The van der Waals surface area contributed by atoms with E-state index in [9.17, 15) is 13.5 Å². The highest BCUT2D eigenvalue weighted by Crippen LogP contribution is 2.25. The van der Waals surface area contributed by atoms with E-state index in [4.69, 9.17) is 0 Å². The lowest BCUT2D eigenvalue weighted by Crippen LogP contribution is -2.41. The van der Waals surface area contributed by atoms with E-state index >= 15 is 0 Å². The molecule has 2 aromatic rings. The van der Waals surface area contributed by atoms with Gasteiger partial charge in [-0.15, -0.1) is 0 Å². The molecule has 6 heteroatoms. The lowest BCUT2D eigenvalue weighted by Gasteiger charge is -2.26. The highest BCUT2D eigenvalue weighted by Gasteiger charge is 2.26. The van der Waals surface area contributed by atoms with Crippen molar-refractivity contribution in [2.75, 3.05) is 6.61 Å². The van der Waals surface area contributed by atoms with Gasteiger partial charge in [0.1, 0.15) is 0 Å². The van der Waals surface area contributed by atoms with Gasteiger partial charge >= 0.3 is 0 Å². The Bertz CT molecular complexity index is 717. The summed E-state index contributed by atoms with van der Waals surface area (Å²) in [6.45, 7) is 1.72. The molecule has 2 rings (SSSR count). The van der Waals surface area contributed by atoms with Gasteiger partial charge in [-0.2, -0.15) is 0 Å². The summed E-state index contributed by atoms with van der Waals surface area (Å²) in [5, 5.41) is 9.71. The van der Waals surface area contributed by atoms with Crippen molar-refractivity contribution in [2.24, 2.45) is 0 Å². The van der Waals surface area contributed by atoms with Gasteiger partial charge in [0.15, 0.2) is 0 Å². The first-order valence-electron chi connectivity index (χ1n) is 7.41. The van der Waals surface area contributed by atoms with E-state index in [-0.39, 0.29) is 17.4 Å². The predicted octanol–water partition coefficient (Wildman–Crippen LogP) is 3.28. The molecule has 4 nitrogen and oxygen atoms in total. The van der Waals surface area contributed by atoms with Gasteiger partial charge in [-0.3, -0.25) is 0 Å². The van der Waals surface area contributed by atoms with Gasteiger partial charge < -0.3 is 5.11 Å². The maximum atomic E-state index is 12.5. The summed E-state index contributed by atoms with van der Waals surface area (Å²) < 4.78 is 28.5. The molecule has 23 heavy (non-hydrogen) atoms. The van der Waals surface area contributed by atoms with E-state index in [1.807, 2.05) is 37.3 Å². The third kappa shape index (κ3) is 4.64. The van der Waals surface area contributed by atoms with E-state index in [0.29, 0.717) is 0 Å². The van der Waals surface area contributed by atoms with Crippen LogP contribution in [0.5, 0.6) is 0 Å². The fourth-order valence-electron chi connectivity index (χ4n) is 2.58. The van der Waals surface area contributed by atoms with Crippen molar-refractivity contribution >= 4 is 26.0 Å². The van der Waals surface area contributed by atoms with Crippen molar-refractivity contribution in [3.05, 3.63) is 64.6 Å². The van der Waals surface area contributed by atoms with Crippen molar-refractivity contribution in [3.63, 3.8) is 0 Å². The molecule has 2 aromatic carbocycles. The summed E-state index contributed by atoms with van der Waals surface area (Å²) in [7, 11) is -3.68. The van der Waals surface area contributed by atoms with Gasteiger partial charge in [-0.05, 0) is 36.2 Å². The molecule has 0 aliphatic carbocycles. The van der Waals surface area contributed by atoms with Crippen molar-refractivity contribution in [2.45, 2.75) is 30.2 Å². The van der Waals surface area contributed by atoms with Crippen molar-refractivity contribution < 1.29 is 13.5 Å². The summed E-state index contributed by atoms with van der Waals surface area (Å²) in [4.78, 5) is 0.182. The Balaban J connectivity index is 2.25. The Morgan fingerprint density at radius 3 is 2.22 bits per heavy atom. The van der Waals surface area contributed by atoms with Gasteiger partial charge in [-0.1, -0.05) is 53.2 Å². The Kier molecular flexibility index (Phi) is 6.35. The smallest absolute Gasteiger partial charge is 0.240 e. The third-order valence-electron chi connectivity index (χ3n) is 3.78. The molecule has 124 valence electrons. The highest BCUT2D eigenvalue weighted by molar-refractivity contribution is 9.10. The summed E-state index contributed by atoms with van der Waals surface area (Å²) in [6, 6.07) is 15.5. The monoisotopic (exact) mass is 397 g/mol. The van der Waals surface area contributed by atoms with E-state index in [2.05, 4.69) is 20.7 Å². The van der Waals surface area contributed by atoms with Gasteiger partial charge in [0.05, 0.1) is 17.5 Å². The maximum absolute atomic E-state index is 12.5. The number of rotatable bonds is 7. The summed E-state index contributed by atoms with van der Waals surface area (Å²) in [5.74, 6) is -0.0913. The molecule has 0 aliphatic heterocycles. The Hall–Kier alpha value is -1.21. The van der Waals surface area contributed by atoms with Gasteiger partial charge in [0.25, 0.3) is 0 Å². The second-order valence-electron chi connectivity index (χ2n) is 5.29. The third-order valence-corrected chi connectivity index (χ3v) is 5.81. The predicted molar refractivity (Wildman–Crippen MR) is 94.8 cm³/mol. The molecule has 2 N–H and O–H groups in total. The molecule has 0 amide bonds. The minimum Gasteiger partial charge on any atom is -0.395 e. The van der Waals surface area contributed by atoms with Crippen LogP contribution in [0.2, 0.25) is 0 Å². The quantitative estimate of drug-likeness (QED) is 0.752. The molecular weight excluding hydrogens is 378 g/mol. The maximum Gasteiger partial charge on any atom is 0.240 e. The van der Waals surface area contributed by atoms with Crippen LogP contribution in [0.1, 0.15) is 24.8 Å². The second-order valence-corrected chi connectivity index (χ2v) is 7.92. The molecule has 2 unspecified atom stereocenters. The Morgan fingerprint density at radius 1 is 1.09 bits per heavy atom. The van der Waals surface area contributed by atoms with Gasteiger partial charge in [0.2, 0.25) is 10.0 Å². The second kappa shape index (κ2) is 8.06. The standard InChI is InChI=1S/C17H20BrNO3S/c1-2-16(13-6-4-3-5-7-13)17(12-20)19-23(21,22)15-10-8-14(18)9-11-15/h3-11,16-17,19-20H,2,12H2,1H3. The number of benzene rings is 2. The SMILES string of the molecule is CCC(c1ccccc1)C(CO)NS(=O)(=O)c1ccc(Br)cc1. The summed E-state index contributed by atoms with van der Waals surface area (Å²) in [6.07, 6.45) is 0.720. The number of halogens is 1. The van der Waals surface area contributed by atoms with E-state index < -0.39 is 16.1 Å². The molecule has 0 bridgehead atoms. The number of hydrogen-bond donors (Lipinski definition) is 2. The topological polar surface area (TPSA) is 66.4 Å². The van der Waals surface area contributed by atoms with Crippen LogP contribution in [0.25, 0.3) is 0 Å². The Morgan fingerprint density at radius 2 is 1.70 bits per heavy atom. The molecule has 2 atom stereocenters. The lowest BCUT2D eigenvalue weighted by molar-refractivity contribution is 0.236. The average Bonchev–Trinajstić information content (AvgIpc) is 2.56. The zero-order valence-corrected chi connectivity index (χ0v) is 15.2. The number of aliphatic hydroxyl groups excluding tert-OH is 1. The average molecular weight is 398 g/mol. The minimum absolute atomic E-state index is 0.0913. The first-order chi connectivity index (χ1) is 11.0. The van der Waals surface area contributed by atoms with Crippen LogP contribution >= 0.6 is 15.9 Å². The zero-order chi connectivity index (χ0) is 16.9. The van der Waals surface area contributed by atoms with Gasteiger partial charge in [0, 0.05) is 10.4 Å². The fraction of sp³-hybridized carbons (Fsp3) is 0.294. The van der Waals surface area contributed by atoms with Crippen LogP contribution in [-0.4, -0.2) is 26.2 Å². The Labute approximate surface area is 145 Å². The first-order valence-corrected chi connectivity index (χ1v) is 9.69. The van der Waals surface area contributed by atoms with Crippen LogP contribution in [0, 0.1) is 0 Å². The van der Waals surface area contributed by atoms with E-state index in [0.717, 1.165) is 16.5 Å². The number of aliphatic hydroxyl groups is 1. The van der Waals surface area contributed by atoms with Crippen LogP contribution in [0.15, 0.2) is 64.0 Å². The molecular formula is C17H20BrNO3S. The van der Waals surface area contributed by atoms with Crippen LogP contribution in [-0.2, 0) is 10.0 Å². The van der Waals surface area contributed by atoms with Crippen LogP contribution < -0.4 is 4.72 Å². The van der Waals surface area contributed by atoms with Crippen molar-refractivity contribution in [3.8, 4) is 0 Å². The highest BCUT2D eigenvalue weighted by atomic mass is 79.9. The van der Waals surface area contributed by atoms with Crippen LogP contribution in [0.3, 0.4) is 0 Å². The number of nitrogens with one attached hydrogen (secondary N) is 1. The van der Waals surface area contributed by atoms with Crippen molar-refractivity contribution in [1.82, 2.24) is 4.72 Å². The molecule has 0 aliphatic rings. The molecule has 0 saturated heterocycles. The molecule has 0 heterocycles. The van der Waals surface area contributed by atoms with E-state index in [1.54, 1.807) is 12.1 Å². The normalized spacial score (nSPS) is 14.4. The van der Waals surface area contributed by atoms with Crippen molar-refractivity contribution in [1.29, 1.82) is 0 Å². The summed E-state index contributed by atoms with van der Waals surface area (Å²) in [5.41, 5.74) is 1.01.